The van der Waals surface area contributed by atoms with E-state index >= 15 is 0 Å². The van der Waals surface area contributed by atoms with Crippen LogP contribution in [0.1, 0.15) is 11.3 Å². The molecule has 52 valence electrons. The molecule has 0 saturated heterocycles. The van der Waals surface area contributed by atoms with Crippen molar-refractivity contribution in [3.05, 3.63) is 34.5 Å². The molecule has 10 heavy (non-hydrogen) atoms. The summed E-state index contributed by atoms with van der Waals surface area (Å²) >= 11 is 0. The minimum absolute atomic E-state index is 0.173. The molecule has 0 aliphatic rings. The van der Waals surface area contributed by atoms with Crippen LogP contribution in [0.5, 0.6) is 0 Å². The van der Waals surface area contributed by atoms with Gasteiger partial charge in [-0.15, -0.1) is 0 Å². The van der Waals surface area contributed by atoms with E-state index in [4.69, 9.17) is 0 Å². The van der Waals surface area contributed by atoms with Crippen molar-refractivity contribution in [1.29, 1.82) is 0 Å². The summed E-state index contributed by atoms with van der Waals surface area (Å²) in [6, 6.07) is 3.75. The Morgan fingerprint density at radius 3 is 3.10 bits per heavy atom. The molecule has 0 bridgehead atoms. The maximum Gasteiger partial charge on any atom is 0.123 e. The molecule has 0 aliphatic heterocycles. The second-order valence-corrected chi connectivity index (χ2v) is 2.05. The van der Waals surface area contributed by atoms with Gasteiger partial charge in [-0.1, -0.05) is 11.2 Å². The summed E-state index contributed by atoms with van der Waals surface area (Å²) in [5, 5.41) is 2.75. The third-order valence-corrected chi connectivity index (χ3v) is 1.33. The van der Waals surface area contributed by atoms with Crippen LogP contribution in [-0.4, -0.2) is 4.98 Å². The first-order valence-electron chi connectivity index (χ1n) is 3.04. The fraction of sp³-hybridized carbons (Fsp3) is 0.286. The highest BCUT2D eigenvalue weighted by molar-refractivity contribution is 5.17. The monoisotopic (exact) mass is 136 g/mol. The van der Waals surface area contributed by atoms with Crippen molar-refractivity contribution in [2.24, 2.45) is 5.18 Å². The van der Waals surface area contributed by atoms with Gasteiger partial charge >= 0.3 is 0 Å². The Morgan fingerprint density at radius 1 is 1.70 bits per heavy atom. The maximum atomic E-state index is 9.84. The Bertz CT molecular complexity index is 235. The summed E-state index contributed by atoms with van der Waals surface area (Å²) in [5.74, 6) is 0. The van der Waals surface area contributed by atoms with E-state index in [1.807, 2.05) is 19.1 Å². The van der Waals surface area contributed by atoms with E-state index in [2.05, 4.69) is 10.2 Å². The molecule has 0 fully saturated rings. The molecular weight excluding hydrogens is 128 g/mol. The van der Waals surface area contributed by atoms with Crippen LogP contribution in [0, 0.1) is 11.8 Å². The molecule has 3 nitrogen and oxygen atoms in total. The van der Waals surface area contributed by atoms with E-state index in [1.54, 1.807) is 6.20 Å². The van der Waals surface area contributed by atoms with Crippen LogP contribution in [-0.2, 0) is 6.54 Å². The quantitative estimate of drug-likeness (QED) is 0.580. The lowest BCUT2D eigenvalue weighted by Gasteiger charge is -1.95. The normalized spacial score (nSPS) is 9.30. The minimum Gasteiger partial charge on any atom is -0.259 e. The van der Waals surface area contributed by atoms with Crippen LogP contribution in [0.15, 0.2) is 23.5 Å². The Labute approximate surface area is 59.1 Å². The Morgan fingerprint density at radius 2 is 2.50 bits per heavy atom. The second kappa shape index (κ2) is 3.06. The zero-order chi connectivity index (χ0) is 7.40. The Kier molecular flexibility index (Phi) is 2.10. The number of rotatable bonds is 2. The van der Waals surface area contributed by atoms with Gasteiger partial charge in [-0.2, -0.15) is 4.91 Å². The first-order valence-corrected chi connectivity index (χ1v) is 3.04. The highest BCUT2D eigenvalue weighted by Gasteiger charge is 1.95. The molecule has 1 heterocycles. The molecule has 1 rings (SSSR count). The van der Waals surface area contributed by atoms with E-state index in [9.17, 15) is 4.91 Å². The number of nitroso groups, excluding NO2 is 1. The van der Waals surface area contributed by atoms with E-state index in [0.29, 0.717) is 0 Å². The minimum atomic E-state index is 0.173. The van der Waals surface area contributed by atoms with Gasteiger partial charge in [0.15, 0.2) is 0 Å². The fourth-order valence-corrected chi connectivity index (χ4v) is 0.745. The highest BCUT2D eigenvalue weighted by Crippen LogP contribution is 2.03. The summed E-state index contributed by atoms with van der Waals surface area (Å²) in [5.41, 5.74) is 1.78. The van der Waals surface area contributed by atoms with Gasteiger partial charge in [0.1, 0.15) is 6.54 Å². The number of aromatic nitrogens is 1. The number of hydrogen-bond acceptors (Lipinski definition) is 3. The van der Waals surface area contributed by atoms with Gasteiger partial charge in [0.2, 0.25) is 0 Å². The summed E-state index contributed by atoms with van der Waals surface area (Å²) in [6.45, 7) is 2.08. The van der Waals surface area contributed by atoms with Gasteiger partial charge < -0.3 is 0 Å². The van der Waals surface area contributed by atoms with Crippen LogP contribution in [0.4, 0.5) is 0 Å². The van der Waals surface area contributed by atoms with Crippen molar-refractivity contribution in [2.75, 3.05) is 0 Å². The number of nitrogens with zero attached hydrogens (tertiary/aromatic N) is 2. The molecule has 3 heteroatoms. The molecule has 0 amide bonds. The molecule has 0 N–H and O–H groups in total. The summed E-state index contributed by atoms with van der Waals surface area (Å²) in [7, 11) is 0. The summed E-state index contributed by atoms with van der Waals surface area (Å²) in [4.78, 5) is 13.8. The zero-order valence-electron chi connectivity index (χ0n) is 5.74. The van der Waals surface area contributed by atoms with Crippen molar-refractivity contribution < 1.29 is 0 Å². The first kappa shape index (κ1) is 6.86. The molecule has 0 aliphatic carbocycles. The van der Waals surface area contributed by atoms with E-state index < -0.39 is 0 Å². The molecule has 0 radical (unpaired) electrons. The first-order chi connectivity index (χ1) is 4.84. The zero-order valence-corrected chi connectivity index (χ0v) is 5.74. The Hall–Kier alpha value is -1.25. The maximum absolute atomic E-state index is 9.84. The lowest BCUT2D eigenvalue weighted by atomic mass is 10.2. The van der Waals surface area contributed by atoms with Gasteiger partial charge in [-0.25, -0.2) is 0 Å². The molecule has 0 atom stereocenters. The van der Waals surface area contributed by atoms with Crippen molar-refractivity contribution in [3.63, 3.8) is 0 Å². The molecule has 0 spiro atoms. The van der Waals surface area contributed by atoms with Crippen LogP contribution in [0.2, 0.25) is 0 Å². The van der Waals surface area contributed by atoms with Gasteiger partial charge in [0, 0.05) is 6.20 Å². The fourth-order valence-electron chi connectivity index (χ4n) is 0.745. The SMILES string of the molecule is Cc1cccnc1CN=O. The number of hydrogen-bond donors (Lipinski definition) is 0. The summed E-state index contributed by atoms with van der Waals surface area (Å²) in [6.07, 6.45) is 1.66. The van der Waals surface area contributed by atoms with Crippen LogP contribution in [0.25, 0.3) is 0 Å². The van der Waals surface area contributed by atoms with Gasteiger partial charge in [-0.05, 0) is 18.6 Å². The van der Waals surface area contributed by atoms with E-state index in [-0.39, 0.29) is 6.54 Å². The average molecular weight is 136 g/mol. The number of aryl methyl sites for hydroxylation is 1. The molecule has 1 aromatic heterocycles. The van der Waals surface area contributed by atoms with Crippen molar-refractivity contribution in [2.45, 2.75) is 13.5 Å². The van der Waals surface area contributed by atoms with Crippen LogP contribution < -0.4 is 0 Å². The molecule has 0 saturated carbocycles. The van der Waals surface area contributed by atoms with Gasteiger partial charge in [-0.3, -0.25) is 4.98 Å². The molecule has 0 aromatic carbocycles. The summed E-state index contributed by atoms with van der Waals surface area (Å²) < 4.78 is 0. The molecular formula is C7H8N2O. The molecule has 1 aromatic rings. The van der Waals surface area contributed by atoms with E-state index in [0.717, 1.165) is 11.3 Å². The predicted octanol–water partition coefficient (Wildman–Crippen LogP) is 1.66. The van der Waals surface area contributed by atoms with Crippen molar-refractivity contribution in [1.82, 2.24) is 4.98 Å². The van der Waals surface area contributed by atoms with Crippen molar-refractivity contribution >= 4 is 0 Å². The lowest BCUT2D eigenvalue weighted by Crippen LogP contribution is -1.89. The third-order valence-electron chi connectivity index (χ3n) is 1.33. The largest absolute Gasteiger partial charge is 0.259 e. The highest BCUT2D eigenvalue weighted by atomic mass is 16.3. The van der Waals surface area contributed by atoms with Gasteiger partial charge in [0.05, 0.1) is 5.69 Å². The van der Waals surface area contributed by atoms with Crippen molar-refractivity contribution in [3.8, 4) is 0 Å². The average Bonchev–Trinajstić information content (AvgIpc) is 1.94. The number of pyridine rings is 1. The molecule has 0 unspecified atom stereocenters. The van der Waals surface area contributed by atoms with Crippen LogP contribution in [0.3, 0.4) is 0 Å². The smallest absolute Gasteiger partial charge is 0.123 e. The second-order valence-electron chi connectivity index (χ2n) is 2.05. The lowest BCUT2D eigenvalue weighted by molar-refractivity contribution is 0.960. The predicted molar refractivity (Wildman–Crippen MR) is 38.5 cm³/mol. The van der Waals surface area contributed by atoms with Gasteiger partial charge in [0.25, 0.3) is 0 Å². The standard InChI is InChI=1S/C7H8N2O/c1-6-3-2-4-8-7(6)5-9-10/h2-4H,5H2,1H3. The van der Waals surface area contributed by atoms with Crippen LogP contribution >= 0.6 is 0 Å². The van der Waals surface area contributed by atoms with E-state index in [1.165, 1.54) is 0 Å². The Balaban J connectivity index is 2.91. The topological polar surface area (TPSA) is 42.3 Å². The third kappa shape index (κ3) is 1.37.